The van der Waals surface area contributed by atoms with E-state index in [1.165, 1.54) is 0 Å². The summed E-state index contributed by atoms with van der Waals surface area (Å²) in [6.07, 6.45) is 0.663. The van der Waals surface area contributed by atoms with Gasteiger partial charge < -0.3 is 9.64 Å². The number of hydrogen-bond acceptors (Lipinski definition) is 3. The van der Waals surface area contributed by atoms with E-state index >= 15 is 0 Å². The fourth-order valence-corrected chi connectivity index (χ4v) is 5.15. The molecular weight excluding hydrogens is 490 g/mol. The minimum absolute atomic E-state index is 0.0778. The molecule has 0 unspecified atom stereocenters. The van der Waals surface area contributed by atoms with E-state index in [0.717, 1.165) is 27.9 Å². The van der Waals surface area contributed by atoms with E-state index in [9.17, 15) is 4.79 Å². The molecule has 7 heteroatoms. The van der Waals surface area contributed by atoms with E-state index in [-0.39, 0.29) is 5.91 Å². The molecule has 0 saturated carbocycles. The lowest BCUT2D eigenvalue weighted by Crippen LogP contribution is -2.44. The van der Waals surface area contributed by atoms with Crippen LogP contribution < -0.4 is 9.64 Å². The fraction of sp³-hybridized carbons (Fsp3) is 0.276. The van der Waals surface area contributed by atoms with E-state index in [2.05, 4.69) is 4.85 Å². The average molecular weight is 518 g/mol. The molecule has 1 aliphatic heterocycles. The Hall–Kier alpha value is -3.40. The quantitative estimate of drug-likeness (QED) is 0.186. The topological polar surface area (TPSA) is 37.1 Å². The average Bonchev–Trinajstić information content (AvgIpc) is 3.03. The number of nitrogens with zero attached hydrogens (tertiary/aromatic N) is 3. The predicted molar refractivity (Wildman–Crippen MR) is 150 cm³/mol. The minimum atomic E-state index is -0.787. The maximum atomic E-state index is 13.4. The van der Waals surface area contributed by atoms with Gasteiger partial charge in [0.15, 0.2) is 10.8 Å². The summed E-state index contributed by atoms with van der Waals surface area (Å²) in [6.45, 7) is 15.9. The Morgan fingerprint density at radius 3 is 2.42 bits per heavy atom. The number of rotatable bonds is 7. The molecule has 1 heterocycles. The van der Waals surface area contributed by atoms with Crippen LogP contribution in [0.4, 0.5) is 11.4 Å². The van der Waals surface area contributed by atoms with E-state index < -0.39 is 5.54 Å². The van der Waals surface area contributed by atoms with Gasteiger partial charge in [0, 0.05) is 6.54 Å². The zero-order valence-electron chi connectivity index (χ0n) is 20.8. The number of benzene rings is 3. The van der Waals surface area contributed by atoms with Crippen molar-refractivity contribution in [1.29, 1.82) is 0 Å². The largest absolute Gasteiger partial charge is 0.492 e. The lowest BCUT2D eigenvalue weighted by Gasteiger charge is -2.29. The summed E-state index contributed by atoms with van der Waals surface area (Å²) in [6, 6.07) is 19.4. The van der Waals surface area contributed by atoms with Crippen molar-refractivity contribution < 1.29 is 9.53 Å². The van der Waals surface area contributed by atoms with Crippen LogP contribution in [0.2, 0.25) is 5.02 Å². The van der Waals surface area contributed by atoms with E-state index in [1.54, 1.807) is 11.0 Å². The maximum absolute atomic E-state index is 13.4. The Labute approximate surface area is 223 Å². The summed E-state index contributed by atoms with van der Waals surface area (Å²) < 4.78 is 5.96. The van der Waals surface area contributed by atoms with Crippen LogP contribution in [0, 0.1) is 20.4 Å². The molecule has 0 aromatic heterocycles. The van der Waals surface area contributed by atoms with Crippen LogP contribution >= 0.6 is 23.8 Å². The zero-order valence-corrected chi connectivity index (χ0v) is 22.4. The van der Waals surface area contributed by atoms with Gasteiger partial charge in [-0.25, -0.2) is 4.85 Å². The van der Waals surface area contributed by atoms with Gasteiger partial charge in [0.05, 0.1) is 23.9 Å². The molecule has 1 amide bonds. The highest BCUT2D eigenvalue weighted by Gasteiger charge is 2.49. The molecule has 0 radical (unpaired) electrons. The summed E-state index contributed by atoms with van der Waals surface area (Å²) in [5, 5.41) is 1.02. The number of hydrogen-bond donors (Lipinski definition) is 0. The first-order chi connectivity index (χ1) is 17.2. The van der Waals surface area contributed by atoms with Gasteiger partial charge in [-0.15, -0.1) is 0 Å². The van der Waals surface area contributed by atoms with Gasteiger partial charge in [0.2, 0.25) is 0 Å². The maximum Gasteiger partial charge on any atom is 0.258 e. The summed E-state index contributed by atoms with van der Waals surface area (Å²) >= 11 is 12.3. The molecule has 0 aliphatic carbocycles. The molecule has 5 nitrogen and oxygen atoms in total. The number of amides is 1. The Kier molecular flexibility index (Phi) is 7.35. The first-order valence-electron chi connectivity index (χ1n) is 11.8. The molecule has 0 N–H and O–H groups in total. The number of carbonyl (C=O) groups excluding carboxylic acids is 1. The number of thiocarbonyl (C=S) groups is 1. The van der Waals surface area contributed by atoms with Crippen LogP contribution in [-0.2, 0) is 4.79 Å². The van der Waals surface area contributed by atoms with Crippen molar-refractivity contribution in [1.82, 2.24) is 4.90 Å². The third-order valence-corrected chi connectivity index (χ3v) is 7.44. The van der Waals surface area contributed by atoms with Gasteiger partial charge in [-0.3, -0.25) is 9.69 Å². The fourth-order valence-electron chi connectivity index (χ4n) is 4.41. The van der Waals surface area contributed by atoms with Crippen LogP contribution in [0.5, 0.6) is 5.75 Å². The van der Waals surface area contributed by atoms with Crippen molar-refractivity contribution in [3.05, 3.63) is 88.2 Å². The van der Waals surface area contributed by atoms with Gasteiger partial charge >= 0.3 is 0 Å². The SMILES string of the molecule is [C-]#[N+]c1ccc(N2C(=O)C(C)(C)N(CCCOc3ccc(-c4ccccc4)cc3Cl)C2=S)c(C)c1C. The molecular formula is C29H28ClN3O2S. The Morgan fingerprint density at radius 2 is 1.75 bits per heavy atom. The van der Waals surface area contributed by atoms with Crippen LogP contribution in [-0.4, -0.2) is 34.6 Å². The summed E-state index contributed by atoms with van der Waals surface area (Å²) in [4.78, 5) is 20.5. The van der Waals surface area contributed by atoms with Crippen molar-refractivity contribution in [2.24, 2.45) is 0 Å². The number of carbonyl (C=O) groups is 1. The second-order valence-corrected chi connectivity index (χ2v) is 10.1. The van der Waals surface area contributed by atoms with E-state index in [1.807, 2.05) is 87.2 Å². The van der Waals surface area contributed by atoms with Crippen molar-refractivity contribution in [3.8, 4) is 16.9 Å². The predicted octanol–water partition coefficient (Wildman–Crippen LogP) is 7.36. The molecule has 0 atom stereocenters. The van der Waals surface area contributed by atoms with Crippen molar-refractivity contribution in [2.45, 2.75) is 39.7 Å². The van der Waals surface area contributed by atoms with Crippen molar-refractivity contribution in [3.63, 3.8) is 0 Å². The van der Waals surface area contributed by atoms with Gasteiger partial charge in [-0.2, -0.15) is 0 Å². The molecule has 36 heavy (non-hydrogen) atoms. The highest BCUT2D eigenvalue weighted by atomic mass is 35.5. The first-order valence-corrected chi connectivity index (χ1v) is 12.6. The molecule has 3 aromatic carbocycles. The van der Waals surface area contributed by atoms with Gasteiger partial charge in [-0.1, -0.05) is 54.1 Å². The summed E-state index contributed by atoms with van der Waals surface area (Å²) in [5.74, 6) is 0.550. The van der Waals surface area contributed by atoms with Gasteiger partial charge in [-0.05, 0) is 86.8 Å². The molecule has 184 valence electrons. The van der Waals surface area contributed by atoms with Gasteiger partial charge in [0.1, 0.15) is 11.3 Å². The first kappa shape index (κ1) is 25.7. The Bertz CT molecular complexity index is 1360. The highest BCUT2D eigenvalue weighted by molar-refractivity contribution is 7.80. The van der Waals surface area contributed by atoms with Crippen LogP contribution in [0.15, 0.2) is 60.7 Å². The van der Waals surface area contributed by atoms with Crippen LogP contribution in [0.1, 0.15) is 31.4 Å². The van der Waals surface area contributed by atoms with E-state index in [0.29, 0.717) is 41.1 Å². The zero-order chi connectivity index (χ0) is 26.0. The number of halogens is 1. The molecule has 1 fully saturated rings. The molecule has 4 rings (SSSR count). The van der Waals surface area contributed by atoms with E-state index in [4.69, 9.17) is 35.1 Å². The third kappa shape index (κ3) is 4.69. The van der Waals surface area contributed by atoms with Crippen molar-refractivity contribution in [2.75, 3.05) is 18.1 Å². The van der Waals surface area contributed by atoms with Crippen LogP contribution in [0.3, 0.4) is 0 Å². The van der Waals surface area contributed by atoms with Crippen molar-refractivity contribution >= 4 is 46.2 Å². The molecule has 1 aliphatic rings. The lowest BCUT2D eigenvalue weighted by atomic mass is 10.0. The molecule has 1 saturated heterocycles. The smallest absolute Gasteiger partial charge is 0.258 e. The number of anilines is 1. The monoisotopic (exact) mass is 517 g/mol. The van der Waals surface area contributed by atoms with Gasteiger partial charge in [0.25, 0.3) is 5.91 Å². The lowest BCUT2D eigenvalue weighted by molar-refractivity contribution is -0.123. The third-order valence-electron chi connectivity index (χ3n) is 6.74. The second-order valence-electron chi connectivity index (χ2n) is 9.31. The summed E-state index contributed by atoms with van der Waals surface area (Å²) in [7, 11) is 0. The summed E-state index contributed by atoms with van der Waals surface area (Å²) in [5.41, 5.74) is 4.39. The highest BCUT2D eigenvalue weighted by Crippen LogP contribution is 2.37. The normalized spacial score (nSPS) is 14.8. The Morgan fingerprint density at radius 1 is 1.03 bits per heavy atom. The molecule has 0 spiro atoms. The van der Waals surface area contributed by atoms with Crippen LogP contribution in [0.25, 0.3) is 16.0 Å². The standard InChI is InChI=1S/C29H28ClN3O2S/c1-19-20(2)25(14-13-24(19)31-5)33-27(34)29(3,4)32(28(33)36)16-9-17-35-26-15-12-22(18-23(26)30)21-10-7-6-8-11-21/h6-8,10-15,18H,9,16-17H2,1-4H3. The minimum Gasteiger partial charge on any atom is -0.492 e. The molecule has 0 bridgehead atoms. The Balaban J connectivity index is 1.42. The number of ether oxygens (including phenoxy) is 1. The molecule has 3 aromatic rings. The second kappa shape index (κ2) is 10.3.